The van der Waals surface area contributed by atoms with Gasteiger partial charge in [0.1, 0.15) is 5.82 Å². The zero-order valence-electron chi connectivity index (χ0n) is 11.7. The maximum absolute atomic E-state index is 12.2. The van der Waals surface area contributed by atoms with Crippen molar-refractivity contribution in [2.24, 2.45) is 5.92 Å². The number of halogens is 1. The standard InChI is InChI=1S/C16H16BrN3O/c1-10-18-7-6-13(20-10)9-19-16(21)15-8-14(15)11-2-4-12(17)5-3-11/h2-7,14-15H,8-9H2,1H3,(H,19,21)/t14-,15+/m0/s1. The Kier molecular flexibility index (Phi) is 4.01. The van der Waals surface area contributed by atoms with Crippen LogP contribution in [0.5, 0.6) is 0 Å². The lowest BCUT2D eigenvalue weighted by atomic mass is 10.1. The van der Waals surface area contributed by atoms with Gasteiger partial charge in [-0.1, -0.05) is 28.1 Å². The summed E-state index contributed by atoms with van der Waals surface area (Å²) in [5, 5.41) is 2.96. The first-order valence-electron chi connectivity index (χ1n) is 6.95. The van der Waals surface area contributed by atoms with E-state index in [-0.39, 0.29) is 11.8 Å². The Balaban J connectivity index is 1.54. The van der Waals surface area contributed by atoms with Gasteiger partial charge in [-0.2, -0.15) is 0 Å². The largest absolute Gasteiger partial charge is 0.350 e. The van der Waals surface area contributed by atoms with Crippen molar-refractivity contribution >= 4 is 21.8 Å². The third-order valence-corrected chi connectivity index (χ3v) is 4.23. The van der Waals surface area contributed by atoms with Crippen LogP contribution in [0.15, 0.2) is 41.0 Å². The number of rotatable bonds is 4. The molecule has 21 heavy (non-hydrogen) atoms. The lowest BCUT2D eigenvalue weighted by Gasteiger charge is -2.05. The predicted octanol–water partition coefficient (Wildman–Crippen LogP) is 2.97. The van der Waals surface area contributed by atoms with Crippen LogP contribution in [0.2, 0.25) is 0 Å². The van der Waals surface area contributed by atoms with Gasteiger partial charge in [0.25, 0.3) is 0 Å². The molecule has 3 rings (SSSR count). The minimum Gasteiger partial charge on any atom is -0.350 e. The average molecular weight is 346 g/mol. The molecule has 108 valence electrons. The predicted molar refractivity (Wildman–Crippen MR) is 83.6 cm³/mol. The highest BCUT2D eigenvalue weighted by Crippen LogP contribution is 2.47. The van der Waals surface area contributed by atoms with Gasteiger partial charge < -0.3 is 5.32 Å². The summed E-state index contributed by atoms with van der Waals surface area (Å²) in [5.74, 6) is 1.28. The van der Waals surface area contributed by atoms with Crippen LogP contribution in [0.25, 0.3) is 0 Å². The van der Waals surface area contributed by atoms with Crippen molar-refractivity contribution in [3.8, 4) is 0 Å². The number of nitrogens with one attached hydrogen (secondary N) is 1. The van der Waals surface area contributed by atoms with E-state index in [1.807, 2.05) is 25.1 Å². The summed E-state index contributed by atoms with van der Waals surface area (Å²) in [7, 11) is 0. The van der Waals surface area contributed by atoms with Crippen LogP contribution in [0.3, 0.4) is 0 Å². The van der Waals surface area contributed by atoms with Gasteiger partial charge in [0.05, 0.1) is 12.2 Å². The first-order valence-corrected chi connectivity index (χ1v) is 7.74. The molecule has 0 spiro atoms. The van der Waals surface area contributed by atoms with E-state index in [9.17, 15) is 4.79 Å². The summed E-state index contributed by atoms with van der Waals surface area (Å²) in [4.78, 5) is 20.5. The summed E-state index contributed by atoms with van der Waals surface area (Å²) in [5.41, 5.74) is 2.08. The van der Waals surface area contributed by atoms with Crippen molar-refractivity contribution in [1.29, 1.82) is 0 Å². The van der Waals surface area contributed by atoms with E-state index in [0.29, 0.717) is 12.5 Å². The number of aryl methyl sites for hydroxylation is 1. The van der Waals surface area contributed by atoms with E-state index in [1.54, 1.807) is 6.20 Å². The Bertz CT molecular complexity index is 657. The second kappa shape index (κ2) is 5.93. The number of carbonyl (C=O) groups is 1. The summed E-state index contributed by atoms with van der Waals surface area (Å²) in [6.07, 6.45) is 2.64. The number of hydrogen-bond acceptors (Lipinski definition) is 3. The van der Waals surface area contributed by atoms with Gasteiger partial charge >= 0.3 is 0 Å². The number of benzene rings is 1. The molecule has 0 saturated heterocycles. The van der Waals surface area contributed by atoms with E-state index >= 15 is 0 Å². The fourth-order valence-corrected chi connectivity index (χ4v) is 2.74. The molecule has 1 heterocycles. The Hall–Kier alpha value is -1.75. The molecule has 1 saturated carbocycles. The van der Waals surface area contributed by atoms with E-state index in [1.165, 1.54) is 5.56 Å². The van der Waals surface area contributed by atoms with Crippen LogP contribution >= 0.6 is 15.9 Å². The van der Waals surface area contributed by atoms with Crippen LogP contribution in [0.1, 0.15) is 29.4 Å². The van der Waals surface area contributed by atoms with Gasteiger partial charge in [0, 0.05) is 16.6 Å². The summed E-state index contributed by atoms with van der Waals surface area (Å²) < 4.78 is 1.06. The molecule has 0 unspecified atom stereocenters. The van der Waals surface area contributed by atoms with Gasteiger partial charge in [-0.3, -0.25) is 4.79 Å². The fourth-order valence-electron chi connectivity index (χ4n) is 2.48. The van der Waals surface area contributed by atoms with Gasteiger partial charge in [0.2, 0.25) is 5.91 Å². The number of aromatic nitrogens is 2. The van der Waals surface area contributed by atoms with Crippen LogP contribution < -0.4 is 5.32 Å². The van der Waals surface area contributed by atoms with E-state index in [2.05, 4.69) is 43.3 Å². The Morgan fingerprint density at radius 2 is 2.10 bits per heavy atom. The lowest BCUT2D eigenvalue weighted by Crippen LogP contribution is -2.25. The molecule has 2 atom stereocenters. The van der Waals surface area contributed by atoms with Crippen molar-refractivity contribution in [1.82, 2.24) is 15.3 Å². The highest BCUT2D eigenvalue weighted by molar-refractivity contribution is 9.10. The minimum atomic E-state index is 0.0918. The van der Waals surface area contributed by atoms with Crippen LogP contribution in [-0.2, 0) is 11.3 Å². The zero-order chi connectivity index (χ0) is 14.8. The van der Waals surface area contributed by atoms with Crippen LogP contribution in [0, 0.1) is 12.8 Å². The van der Waals surface area contributed by atoms with Crippen LogP contribution in [0.4, 0.5) is 0 Å². The van der Waals surface area contributed by atoms with Gasteiger partial charge in [0.15, 0.2) is 0 Å². The summed E-state index contributed by atoms with van der Waals surface area (Å²) in [6.45, 7) is 2.31. The SMILES string of the molecule is Cc1nccc(CNC(=O)[C@@H]2C[C@H]2c2ccc(Br)cc2)n1. The summed E-state index contributed by atoms with van der Waals surface area (Å²) in [6, 6.07) is 10.0. The van der Waals surface area contributed by atoms with Gasteiger partial charge in [-0.25, -0.2) is 9.97 Å². The normalized spacial score (nSPS) is 20.1. The average Bonchev–Trinajstić information content (AvgIpc) is 3.26. The molecule has 5 heteroatoms. The Morgan fingerprint density at radius 3 is 2.81 bits per heavy atom. The van der Waals surface area contributed by atoms with Crippen molar-refractivity contribution in [2.75, 3.05) is 0 Å². The quantitative estimate of drug-likeness (QED) is 0.926. The second-order valence-corrected chi connectivity index (χ2v) is 6.23. The molecule has 0 aliphatic heterocycles. The van der Waals surface area contributed by atoms with Crippen molar-refractivity contribution in [3.05, 3.63) is 58.1 Å². The topological polar surface area (TPSA) is 54.9 Å². The monoisotopic (exact) mass is 345 g/mol. The molecular formula is C16H16BrN3O. The lowest BCUT2D eigenvalue weighted by molar-refractivity contribution is -0.122. The molecule has 1 N–H and O–H groups in total. The Morgan fingerprint density at radius 1 is 1.33 bits per heavy atom. The molecular weight excluding hydrogens is 330 g/mol. The van der Waals surface area contributed by atoms with Crippen molar-refractivity contribution in [3.63, 3.8) is 0 Å². The van der Waals surface area contributed by atoms with Crippen molar-refractivity contribution in [2.45, 2.75) is 25.8 Å². The fraction of sp³-hybridized carbons (Fsp3) is 0.312. The number of nitrogens with zero attached hydrogens (tertiary/aromatic N) is 2. The first-order chi connectivity index (χ1) is 10.1. The van der Waals surface area contributed by atoms with E-state index in [0.717, 1.165) is 22.4 Å². The van der Waals surface area contributed by atoms with Crippen molar-refractivity contribution < 1.29 is 4.79 Å². The smallest absolute Gasteiger partial charge is 0.224 e. The molecule has 1 fully saturated rings. The highest BCUT2D eigenvalue weighted by Gasteiger charge is 2.43. The molecule has 1 amide bonds. The summed E-state index contributed by atoms with van der Waals surface area (Å²) >= 11 is 3.42. The zero-order valence-corrected chi connectivity index (χ0v) is 13.3. The minimum absolute atomic E-state index is 0.0918. The molecule has 1 aromatic carbocycles. The van der Waals surface area contributed by atoms with Gasteiger partial charge in [-0.05, 0) is 43.0 Å². The number of hydrogen-bond donors (Lipinski definition) is 1. The molecule has 1 aliphatic carbocycles. The molecule has 2 aromatic rings. The first kappa shape index (κ1) is 14.2. The molecule has 4 nitrogen and oxygen atoms in total. The number of amides is 1. The van der Waals surface area contributed by atoms with E-state index in [4.69, 9.17) is 0 Å². The maximum Gasteiger partial charge on any atom is 0.224 e. The van der Waals surface area contributed by atoms with Gasteiger partial charge in [-0.15, -0.1) is 0 Å². The number of carbonyl (C=O) groups excluding carboxylic acids is 1. The highest BCUT2D eigenvalue weighted by atomic mass is 79.9. The third kappa shape index (κ3) is 3.47. The molecule has 0 radical (unpaired) electrons. The third-order valence-electron chi connectivity index (χ3n) is 3.70. The van der Waals surface area contributed by atoms with E-state index < -0.39 is 0 Å². The van der Waals surface area contributed by atoms with Crippen LogP contribution in [-0.4, -0.2) is 15.9 Å². The molecule has 0 bridgehead atoms. The Labute approximate surface area is 132 Å². The molecule has 1 aromatic heterocycles. The molecule has 1 aliphatic rings. The second-order valence-electron chi connectivity index (χ2n) is 5.31. The maximum atomic E-state index is 12.2.